The Bertz CT molecular complexity index is 632. The van der Waals surface area contributed by atoms with Crippen LogP contribution in [0.25, 0.3) is 0 Å². The van der Waals surface area contributed by atoms with Crippen molar-refractivity contribution in [3.05, 3.63) is 34.9 Å². The van der Waals surface area contributed by atoms with Crippen LogP contribution in [0.15, 0.2) is 24.3 Å². The second kappa shape index (κ2) is 7.01. The monoisotopic (exact) mass is 333 g/mol. The van der Waals surface area contributed by atoms with E-state index < -0.39 is 11.6 Å². The van der Waals surface area contributed by atoms with Gasteiger partial charge in [-0.15, -0.1) is 0 Å². The van der Waals surface area contributed by atoms with Crippen LogP contribution in [0.1, 0.15) is 44.2 Å². The number of hydrogen-bond acceptors (Lipinski definition) is 3. The van der Waals surface area contributed by atoms with Crippen molar-refractivity contribution in [1.29, 1.82) is 5.26 Å². The van der Waals surface area contributed by atoms with Crippen LogP contribution in [-0.4, -0.2) is 29.3 Å². The zero-order valence-electron chi connectivity index (χ0n) is 13.3. The van der Waals surface area contributed by atoms with Crippen LogP contribution in [-0.2, 0) is 9.59 Å². The maximum Gasteiger partial charge on any atom is 0.226 e. The number of carbonyl (C=O) groups is 2. The number of nitrogens with zero attached hydrogens (tertiary/aromatic N) is 2. The van der Waals surface area contributed by atoms with Crippen molar-refractivity contribution in [3.63, 3.8) is 0 Å². The molecule has 0 spiro atoms. The summed E-state index contributed by atoms with van der Waals surface area (Å²) >= 11 is 5.88. The molecule has 0 aliphatic heterocycles. The van der Waals surface area contributed by atoms with Gasteiger partial charge in [-0.3, -0.25) is 9.59 Å². The standard InChI is InChI=1S/C17H20ClN3O2/c1-12(22)20-15(13-4-6-14(18)7-5-13)10-16(23)21(2)17(11-19)8-3-9-17/h4-7,15H,3,8-10H2,1-2H3,(H,20,22)/t15-/m0/s1. The average Bonchev–Trinajstić information content (AvgIpc) is 2.46. The first-order chi connectivity index (χ1) is 10.9. The zero-order chi connectivity index (χ0) is 17.0. The fourth-order valence-electron chi connectivity index (χ4n) is 2.78. The predicted octanol–water partition coefficient (Wildman–Crippen LogP) is 2.81. The van der Waals surface area contributed by atoms with Crippen LogP contribution in [0.2, 0.25) is 5.02 Å². The van der Waals surface area contributed by atoms with Gasteiger partial charge in [0.1, 0.15) is 5.54 Å². The molecule has 1 aromatic rings. The van der Waals surface area contributed by atoms with Crippen molar-refractivity contribution in [2.45, 2.75) is 44.2 Å². The Hall–Kier alpha value is -2.06. The molecule has 23 heavy (non-hydrogen) atoms. The van der Waals surface area contributed by atoms with Crippen LogP contribution in [0, 0.1) is 11.3 Å². The Kier molecular flexibility index (Phi) is 5.27. The Labute approximate surface area is 141 Å². The smallest absolute Gasteiger partial charge is 0.226 e. The topological polar surface area (TPSA) is 73.2 Å². The molecular weight excluding hydrogens is 314 g/mol. The summed E-state index contributed by atoms with van der Waals surface area (Å²) in [5, 5.41) is 12.7. The summed E-state index contributed by atoms with van der Waals surface area (Å²) in [6.45, 7) is 1.42. The molecule has 5 nitrogen and oxygen atoms in total. The molecule has 0 saturated heterocycles. The summed E-state index contributed by atoms with van der Waals surface area (Å²) in [7, 11) is 1.66. The fourth-order valence-corrected chi connectivity index (χ4v) is 2.90. The Morgan fingerprint density at radius 3 is 2.43 bits per heavy atom. The van der Waals surface area contributed by atoms with E-state index in [-0.39, 0.29) is 18.2 Å². The summed E-state index contributed by atoms with van der Waals surface area (Å²) in [6.07, 6.45) is 2.48. The first kappa shape index (κ1) is 17.3. The van der Waals surface area contributed by atoms with Gasteiger partial charge in [-0.05, 0) is 37.0 Å². The second-order valence-electron chi connectivity index (χ2n) is 5.96. The maximum atomic E-state index is 12.6. The molecule has 0 radical (unpaired) electrons. The highest BCUT2D eigenvalue weighted by Crippen LogP contribution is 2.37. The first-order valence-corrected chi connectivity index (χ1v) is 7.96. The molecule has 1 fully saturated rings. The summed E-state index contributed by atoms with van der Waals surface area (Å²) in [6, 6.07) is 8.85. The third-order valence-electron chi connectivity index (χ3n) is 4.43. The molecular formula is C17H20ClN3O2. The lowest BCUT2D eigenvalue weighted by Gasteiger charge is -2.43. The van der Waals surface area contributed by atoms with Crippen LogP contribution >= 0.6 is 11.6 Å². The van der Waals surface area contributed by atoms with E-state index in [2.05, 4.69) is 11.4 Å². The molecule has 1 atom stereocenters. The third-order valence-corrected chi connectivity index (χ3v) is 4.69. The maximum absolute atomic E-state index is 12.6. The van der Waals surface area contributed by atoms with E-state index in [1.54, 1.807) is 31.3 Å². The molecule has 0 bridgehead atoms. The quantitative estimate of drug-likeness (QED) is 0.900. The summed E-state index contributed by atoms with van der Waals surface area (Å²) in [5.74, 6) is -0.362. The van der Waals surface area contributed by atoms with Gasteiger partial charge >= 0.3 is 0 Å². The molecule has 122 valence electrons. The summed E-state index contributed by atoms with van der Waals surface area (Å²) in [5.41, 5.74) is 0.128. The van der Waals surface area contributed by atoms with Gasteiger partial charge in [-0.1, -0.05) is 23.7 Å². The van der Waals surface area contributed by atoms with Crippen LogP contribution in [0.5, 0.6) is 0 Å². The third kappa shape index (κ3) is 3.83. The summed E-state index contributed by atoms with van der Waals surface area (Å²) in [4.78, 5) is 25.6. The van der Waals surface area contributed by atoms with Gasteiger partial charge in [-0.25, -0.2) is 0 Å². The van der Waals surface area contributed by atoms with Crippen molar-refractivity contribution >= 4 is 23.4 Å². The van der Waals surface area contributed by atoms with Gasteiger partial charge in [-0.2, -0.15) is 5.26 Å². The minimum atomic E-state index is -0.683. The van der Waals surface area contributed by atoms with E-state index in [1.807, 2.05) is 0 Å². The van der Waals surface area contributed by atoms with Crippen LogP contribution in [0.4, 0.5) is 0 Å². The number of amides is 2. The molecule has 2 rings (SSSR count). The highest BCUT2D eigenvalue weighted by Gasteiger charge is 2.43. The van der Waals surface area contributed by atoms with Gasteiger partial charge in [0.25, 0.3) is 0 Å². The SMILES string of the molecule is CC(=O)N[C@@H](CC(=O)N(C)C1(C#N)CCC1)c1ccc(Cl)cc1. The minimum Gasteiger partial charge on any atom is -0.349 e. The van der Waals surface area contributed by atoms with Gasteiger partial charge in [0.15, 0.2) is 0 Å². The fraction of sp³-hybridized carbons (Fsp3) is 0.471. The molecule has 1 saturated carbocycles. The number of rotatable bonds is 5. The molecule has 6 heteroatoms. The number of halogens is 1. The van der Waals surface area contributed by atoms with Crippen LogP contribution in [0.3, 0.4) is 0 Å². The minimum absolute atomic E-state index is 0.112. The van der Waals surface area contributed by atoms with Crippen LogP contribution < -0.4 is 5.32 Å². The highest BCUT2D eigenvalue weighted by molar-refractivity contribution is 6.30. The normalized spacial score (nSPS) is 16.6. The van der Waals surface area contributed by atoms with E-state index in [1.165, 1.54) is 11.8 Å². The second-order valence-corrected chi connectivity index (χ2v) is 6.39. The van der Waals surface area contributed by atoms with Crippen molar-refractivity contribution in [3.8, 4) is 6.07 Å². The van der Waals surface area contributed by atoms with Gasteiger partial charge < -0.3 is 10.2 Å². The lowest BCUT2D eigenvalue weighted by molar-refractivity contribution is -0.137. The number of hydrogen-bond donors (Lipinski definition) is 1. The Morgan fingerprint density at radius 1 is 1.39 bits per heavy atom. The summed E-state index contributed by atoms with van der Waals surface area (Å²) < 4.78 is 0. The molecule has 1 aromatic carbocycles. The van der Waals surface area contributed by atoms with E-state index in [4.69, 9.17) is 11.6 Å². The average molecular weight is 334 g/mol. The zero-order valence-corrected chi connectivity index (χ0v) is 14.1. The first-order valence-electron chi connectivity index (χ1n) is 7.58. The van der Waals surface area contributed by atoms with Crippen molar-refractivity contribution in [2.24, 2.45) is 0 Å². The van der Waals surface area contributed by atoms with Gasteiger partial charge in [0.05, 0.1) is 18.5 Å². The Morgan fingerprint density at radius 2 is 2.00 bits per heavy atom. The van der Waals surface area contributed by atoms with Gasteiger partial charge in [0, 0.05) is 19.0 Å². The van der Waals surface area contributed by atoms with E-state index in [0.717, 1.165) is 12.0 Å². The number of benzene rings is 1. The Balaban J connectivity index is 2.14. The molecule has 0 heterocycles. The molecule has 2 amide bonds. The highest BCUT2D eigenvalue weighted by atomic mass is 35.5. The van der Waals surface area contributed by atoms with E-state index >= 15 is 0 Å². The van der Waals surface area contributed by atoms with E-state index in [0.29, 0.717) is 17.9 Å². The largest absolute Gasteiger partial charge is 0.349 e. The molecule has 1 aliphatic rings. The van der Waals surface area contributed by atoms with E-state index in [9.17, 15) is 14.9 Å². The number of nitrogens with one attached hydrogen (secondary N) is 1. The van der Waals surface area contributed by atoms with Crippen molar-refractivity contribution < 1.29 is 9.59 Å². The lowest BCUT2D eigenvalue weighted by atomic mass is 9.76. The lowest BCUT2D eigenvalue weighted by Crippen LogP contribution is -2.53. The predicted molar refractivity (Wildman–Crippen MR) is 87.6 cm³/mol. The number of nitriles is 1. The molecule has 0 aromatic heterocycles. The number of carbonyl (C=O) groups excluding carboxylic acids is 2. The van der Waals surface area contributed by atoms with Gasteiger partial charge in [0.2, 0.25) is 11.8 Å². The molecule has 0 unspecified atom stereocenters. The molecule has 1 N–H and O–H groups in total. The van der Waals surface area contributed by atoms with Crippen molar-refractivity contribution in [1.82, 2.24) is 10.2 Å². The molecule has 1 aliphatic carbocycles. The van der Waals surface area contributed by atoms with Crippen molar-refractivity contribution in [2.75, 3.05) is 7.05 Å².